The summed E-state index contributed by atoms with van der Waals surface area (Å²) < 4.78 is 6.79. The molecule has 49 heavy (non-hydrogen) atoms. The van der Waals surface area contributed by atoms with Gasteiger partial charge in [-0.15, -0.1) is 0 Å². The lowest BCUT2D eigenvalue weighted by Gasteiger charge is -2.29. The van der Waals surface area contributed by atoms with Gasteiger partial charge in [-0.25, -0.2) is 0 Å². The van der Waals surface area contributed by atoms with Crippen LogP contribution in [0.4, 0.5) is 17.1 Å². The van der Waals surface area contributed by atoms with Crippen LogP contribution in [0.15, 0.2) is 164 Å². The first-order chi connectivity index (χ1) is 24.0. The second-order valence-electron chi connectivity index (χ2n) is 13.8. The highest BCUT2D eigenvalue weighted by Gasteiger charge is 2.35. The van der Waals surface area contributed by atoms with Gasteiger partial charge in [-0.1, -0.05) is 129 Å². The summed E-state index contributed by atoms with van der Waals surface area (Å²) in [6.45, 7) is 4.67. The van der Waals surface area contributed by atoms with Crippen LogP contribution >= 0.6 is 0 Å². The van der Waals surface area contributed by atoms with E-state index in [2.05, 4.69) is 183 Å². The minimum Gasteiger partial charge on any atom is -0.456 e. The molecule has 2 nitrogen and oxygen atoms in total. The highest BCUT2D eigenvalue weighted by Crippen LogP contribution is 2.53. The fraction of sp³-hybridized carbons (Fsp3) is 0.0638. The lowest BCUT2D eigenvalue weighted by atomic mass is 9.82. The predicted octanol–water partition coefficient (Wildman–Crippen LogP) is 13.2. The number of ether oxygens (including phenoxy) is 1. The zero-order chi connectivity index (χ0) is 32.7. The molecule has 0 bridgehead atoms. The number of fused-ring (bicyclic) bond motifs is 6. The Morgan fingerprint density at radius 3 is 2.00 bits per heavy atom. The first-order valence-corrected chi connectivity index (χ1v) is 17.0. The van der Waals surface area contributed by atoms with Gasteiger partial charge in [0.25, 0.3) is 0 Å². The Morgan fingerprint density at radius 2 is 1.10 bits per heavy atom. The van der Waals surface area contributed by atoms with Crippen LogP contribution in [0.1, 0.15) is 25.0 Å². The molecule has 1 aliphatic heterocycles. The number of rotatable bonds is 4. The Kier molecular flexibility index (Phi) is 5.95. The summed E-state index contributed by atoms with van der Waals surface area (Å²) in [4.78, 5) is 2.37. The first kappa shape index (κ1) is 27.9. The van der Waals surface area contributed by atoms with Crippen molar-refractivity contribution in [3.63, 3.8) is 0 Å². The van der Waals surface area contributed by atoms with Gasteiger partial charge < -0.3 is 9.64 Å². The molecule has 0 spiro atoms. The van der Waals surface area contributed by atoms with E-state index in [0.717, 1.165) is 39.5 Å². The fourth-order valence-electron chi connectivity index (χ4n) is 8.24. The number of benzene rings is 8. The largest absolute Gasteiger partial charge is 0.456 e. The molecule has 0 amide bonds. The third-order valence-corrected chi connectivity index (χ3v) is 10.6. The molecule has 0 aromatic heterocycles. The van der Waals surface area contributed by atoms with E-state index in [1.807, 2.05) is 0 Å². The molecule has 1 heterocycles. The van der Waals surface area contributed by atoms with Gasteiger partial charge in [0, 0.05) is 39.5 Å². The summed E-state index contributed by atoms with van der Waals surface area (Å²) in [7, 11) is 0. The zero-order valence-electron chi connectivity index (χ0n) is 27.4. The second kappa shape index (κ2) is 10.4. The van der Waals surface area contributed by atoms with Crippen molar-refractivity contribution in [2.75, 3.05) is 4.90 Å². The quantitative estimate of drug-likeness (QED) is 0.192. The van der Waals surface area contributed by atoms with E-state index >= 15 is 0 Å². The lowest BCUT2D eigenvalue weighted by molar-refractivity contribution is 0.487. The molecule has 0 atom stereocenters. The van der Waals surface area contributed by atoms with Crippen molar-refractivity contribution in [3.05, 3.63) is 175 Å². The lowest BCUT2D eigenvalue weighted by Crippen LogP contribution is -2.15. The Bertz CT molecular complexity index is 2620. The van der Waals surface area contributed by atoms with Crippen molar-refractivity contribution in [2.24, 2.45) is 0 Å². The molecule has 10 rings (SSSR count). The van der Waals surface area contributed by atoms with Crippen molar-refractivity contribution in [3.8, 4) is 44.9 Å². The van der Waals surface area contributed by atoms with Gasteiger partial charge in [0.15, 0.2) is 0 Å². The van der Waals surface area contributed by atoms with Gasteiger partial charge in [-0.05, 0) is 97.6 Å². The standard InChI is InChI=1S/C47H33NO/c1-47(2)42-18-9-8-15-37(42)41-28-34(22-25-43(41)47)48(33-20-19-30-11-6-7-14-32(30)27-33)35-21-23-38-40-17-10-16-39-36(31-12-4-3-5-13-31)24-26-44(46(39)40)49-45(38)29-35/h3-29H,1-2H3. The van der Waals surface area contributed by atoms with E-state index in [1.54, 1.807) is 0 Å². The molecule has 2 heteroatoms. The second-order valence-corrected chi connectivity index (χ2v) is 13.8. The van der Waals surface area contributed by atoms with Crippen molar-refractivity contribution in [1.29, 1.82) is 0 Å². The summed E-state index contributed by atoms with van der Waals surface area (Å²) in [6.07, 6.45) is 0. The fourth-order valence-corrected chi connectivity index (χ4v) is 8.24. The van der Waals surface area contributed by atoms with Crippen LogP contribution in [0.5, 0.6) is 11.5 Å². The van der Waals surface area contributed by atoms with E-state index in [0.29, 0.717) is 0 Å². The number of hydrogen-bond donors (Lipinski definition) is 0. The summed E-state index contributed by atoms with van der Waals surface area (Å²) in [5.41, 5.74) is 13.3. The highest BCUT2D eigenvalue weighted by molar-refractivity contribution is 6.10. The van der Waals surface area contributed by atoms with Crippen molar-refractivity contribution >= 4 is 38.6 Å². The third kappa shape index (κ3) is 4.20. The van der Waals surface area contributed by atoms with Crippen LogP contribution in [-0.2, 0) is 5.41 Å². The molecule has 1 aliphatic carbocycles. The molecule has 232 valence electrons. The van der Waals surface area contributed by atoms with Gasteiger partial charge >= 0.3 is 0 Å². The molecular formula is C47H33NO. The first-order valence-electron chi connectivity index (χ1n) is 17.0. The number of hydrogen-bond acceptors (Lipinski definition) is 2. The number of anilines is 3. The predicted molar refractivity (Wildman–Crippen MR) is 205 cm³/mol. The van der Waals surface area contributed by atoms with Crippen LogP contribution < -0.4 is 9.64 Å². The summed E-state index contributed by atoms with van der Waals surface area (Å²) >= 11 is 0. The summed E-state index contributed by atoms with van der Waals surface area (Å²) in [6, 6.07) is 59.4. The molecule has 8 aromatic carbocycles. The van der Waals surface area contributed by atoms with Gasteiger partial charge in [-0.3, -0.25) is 0 Å². The van der Waals surface area contributed by atoms with E-state index < -0.39 is 0 Å². The molecule has 2 aliphatic rings. The molecule has 0 saturated carbocycles. The average Bonchev–Trinajstić information content (AvgIpc) is 3.38. The molecular weight excluding hydrogens is 595 g/mol. The topological polar surface area (TPSA) is 12.5 Å². The van der Waals surface area contributed by atoms with Crippen molar-refractivity contribution < 1.29 is 4.74 Å². The summed E-state index contributed by atoms with van der Waals surface area (Å²) in [5, 5.41) is 4.80. The van der Waals surface area contributed by atoms with Crippen molar-refractivity contribution in [2.45, 2.75) is 19.3 Å². The van der Waals surface area contributed by atoms with Crippen LogP contribution in [0.25, 0.3) is 54.9 Å². The molecule has 0 N–H and O–H groups in total. The molecule has 0 unspecified atom stereocenters. The maximum absolute atomic E-state index is 6.79. The van der Waals surface area contributed by atoms with Gasteiger partial charge in [0.05, 0.1) is 0 Å². The van der Waals surface area contributed by atoms with Crippen molar-refractivity contribution in [1.82, 2.24) is 0 Å². The molecule has 8 aromatic rings. The smallest absolute Gasteiger partial charge is 0.137 e. The molecule has 0 saturated heterocycles. The Balaban J connectivity index is 1.15. The van der Waals surface area contributed by atoms with Crippen LogP contribution in [0.2, 0.25) is 0 Å². The Morgan fingerprint density at radius 1 is 0.429 bits per heavy atom. The van der Waals surface area contributed by atoms with E-state index in [9.17, 15) is 0 Å². The average molecular weight is 628 g/mol. The van der Waals surface area contributed by atoms with E-state index in [-0.39, 0.29) is 5.41 Å². The maximum atomic E-state index is 6.79. The van der Waals surface area contributed by atoms with Crippen LogP contribution in [0.3, 0.4) is 0 Å². The zero-order valence-corrected chi connectivity index (χ0v) is 27.4. The third-order valence-electron chi connectivity index (χ3n) is 10.6. The van der Waals surface area contributed by atoms with Crippen LogP contribution in [0, 0.1) is 0 Å². The van der Waals surface area contributed by atoms with E-state index in [4.69, 9.17) is 4.74 Å². The summed E-state index contributed by atoms with van der Waals surface area (Å²) in [5.74, 6) is 1.76. The minimum absolute atomic E-state index is 0.0489. The monoisotopic (exact) mass is 627 g/mol. The Hall–Kier alpha value is -6.12. The minimum atomic E-state index is -0.0489. The van der Waals surface area contributed by atoms with Gasteiger partial charge in [0.2, 0.25) is 0 Å². The number of nitrogens with zero attached hydrogens (tertiary/aromatic N) is 1. The van der Waals surface area contributed by atoms with Gasteiger partial charge in [-0.2, -0.15) is 0 Å². The van der Waals surface area contributed by atoms with E-state index in [1.165, 1.54) is 55.1 Å². The Labute approximate surface area is 286 Å². The van der Waals surface area contributed by atoms with Crippen LogP contribution in [-0.4, -0.2) is 0 Å². The SMILES string of the molecule is CC1(C)c2ccccc2-c2cc(N(c3ccc4c(c3)Oc3ccc(-c5ccccc5)c5cccc-4c35)c3ccc4ccccc4c3)ccc21. The highest BCUT2D eigenvalue weighted by atomic mass is 16.5. The molecule has 0 fully saturated rings. The normalized spacial score (nSPS) is 13.4. The maximum Gasteiger partial charge on any atom is 0.137 e. The molecule has 0 radical (unpaired) electrons. The van der Waals surface area contributed by atoms with Gasteiger partial charge in [0.1, 0.15) is 11.5 Å².